The van der Waals surface area contributed by atoms with Crippen molar-refractivity contribution >= 4 is 21.8 Å². The molecule has 106 valence electrons. The topological polar surface area (TPSA) is 49.9 Å². The third kappa shape index (κ3) is 2.99. The highest BCUT2D eigenvalue weighted by Crippen LogP contribution is 2.24. The van der Waals surface area contributed by atoms with Gasteiger partial charge in [-0.15, -0.1) is 11.6 Å². The minimum Gasteiger partial charge on any atom is -0.380 e. The molecule has 0 N–H and O–H groups in total. The van der Waals surface area contributed by atoms with E-state index < -0.39 is 10.2 Å². The van der Waals surface area contributed by atoms with E-state index in [1.165, 1.54) is 4.31 Å². The number of ether oxygens (including phenoxy) is 1. The van der Waals surface area contributed by atoms with Crippen molar-refractivity contribution in [2.24, 2.45) is 5.92 Å². The molecule has 0 amide bonds. The van der Waals surface area contributed by atoms with Gasteiger partial charge in [0.1, 0.15) is 0 Å². The van der Waals surface area contributed by atoms with Crippen molar-refractivity contribution in [3.8, 4) is 0 Å². The molecule has 2 heterocycles. The van der Waals surface area contributed by atoms with Gasteiger partial charge in [0, 0.05) is 39.2 Å². The highest BCUT2D eigenvalue weighted by molar-refractivity contribution is 7.86. The summed E-state index contributed by atoms with van der Waals surface area (Å²) in [6, 6.07) is 0. The quantitative estimate of drug-likeness (QED) is 0.725. The lowest BCUT2D eigenvalue weighted by molar-refractivity contribution is 0.114. The maximum atomic E-state index is 12.5. The van der Waals surface area contributed by atoms with Crippen LogP contribution >= 0.6 is 11.6 Å². The van der Waals surface area contributed by atoms with Crippen molar-refractivity contribution in [3.63, 3.8) is 0 Å². The van der Waals surface area contributed by atoms with E-state index >= 15 is 0 Å². The average Bonchev–Trinajstić information content (AvgIpc) is 2.88. The second kappa shape index (κ2) is 6.05. The fraction of sp³-hybridized carbons (Fsp3) is 1.00. The number of piperidine rings is 1. The zero-order chi connectivity index (χ0) is 13.2. The van der Waals surface area contributed by atoms with E-state index in [0.29, 0.717) is 32.1 Å². The summed E-state index contributed by atoms with van der Waals surface area (Å²) in [5, 5.41) is 0. The number of hydrogen-bond donors (Lipinski definition) is 0. The Labute approximate surface area is 114 Å². The van der Waals surface area contributed by atoms with Gasteiger partial charge in [-0.1, -0.05) is 0 Å². The third-order valence-corrected chi connectivity index (χ3v) is 6.20. The van der Waals surface area contributed by atoms with E-state index in [0.717, 1.165) is 19.3 Å². The Morgan fingerprint density at radius 1 is 1.22 bits per heavy atom. The Morgan fingerprint density at radius 3 is 2.56 bits per heavy atom. The number of hydrogen-bond acceptors (Lipinski definition) is 3. The standard InChI is InChI=1S/C11H21ClN2O3S/c1-17-11-4-6-14(9-11)18(15,16)13-5-2-3-10(7-12)8-13/h10-11H,2-9H2,1H3. The molecule has 0 aliphatic carbocycles. The van der Waals surface area contributed by atoms with E-state index in [9.17, 15) is 8.42 Å². The molecule has 2 rings (SSSR count). The van der Waals surface area contributed by atoms with Crippen molar-refractivity contribution in [1.82, 2.24) is 8.61 Å². The molecular formula is C11H21ClN2O3S. The SMILES string of the molecule is COC1CCN(S(=O)(=O)N2CCCC(CCl)C2)C1. The van der Waals surface area contributed by atoms with Gasteiger partial charge in [-0.25, -0.2) is 0 Å². The van der Waals surface area contributed by atoms with Crippen LogP contribution < -0.4 is 0 Å². The molecule has 2 saturated heterocycles. The normalized spacial score (nSPS) is 31.9. The lowest BCUT2D eigenvalue weighted by atomic mass is 10.0. The first-order valence-electron chi connectivity index (χ1n) is 6.42. The van der Waals surface area contributed by atoms with E-state index in [4.69, 9.17) is 16.3 Å². The first-order chi connectivity index (χ1) is 8.57. The highest BCUT2D eigenvalue weighted by Gasteiger charge is 2.37. The molecule has 18 heavy (non-hydrogen) atoms. The van der Waals surface area contributed by atoms with Crippen LogP contribution in [0.15, 0.2) is 0 Å². The fourth-order valence-electron chi connectivity index (χ4n) is 2.63. The summed E-state index contributed by atoms with van der Waals surface area (Å²) in [6.45, 7) is 2.20. The Balaban J connectivity index is 2.02. The summed E-state index contributed by atoms with van der Waals surface area (Å²) in [4.78, 5) is 0. The molecule has 2 aliphatic heterocycles. The zero-order valence-corrected chi connectivity index (χ0v) is 12.3. The van der Waals surface area contributed by atoms with Crippen LogP contribution in [0.4, 0.5) is 0 Å². The molecule has 0 saturated carbocycles. The van der Waals surface area contributed by atoms with Crippen molar-refractivity contribution in [1.29, 1.82) is 0 Å². The fourth-order valence-corrected chi connectivity index (χ4v) is 4.65. The van der Waals surface area contributed by atoms with Crippen molar-refractivity contribution < 1.29 is 13.2 Å². The maximum Gasteiger partial charge on any atom is 0.282 e. The van der Waals surface area contributed by atoms with E-state index in [1.807, 2.05) is 0 Å². The molecule has 5 nitrogen and oxygen atoms in total. The lowest BCUT2D eigenvalue weighted by Crippen LogP contribution is -2.47. The number of nitrogens with zero attached hydrogens (tertiary/aromatic N) is 2. The van der Waals surface area contributed by atoms with E-state index in [-0.39, 0.29) is 12.0 Å². The highest BCUT2D eigenvalue weighted by atomic mass is 35.5. The second-order valence-electron chi connectivity index (χ2n) is 5.03. The predicted molar refractivity (Wildman–Crippen MR) is 70.9 cm³/mol. The van der Waals surface area contributed by atoms with Crippen LogP contribution in [0.25, 0.3) is 0 Å². The van der Waals surface area contributed by atoms with Crippen LogP contribution in [0.3, 0.4) is 0 Å². The van der Waals surface area contributed by atoms with Gasteiger partial charge in [0.25, 0.3) is 10.2 Å². The summed E-state index contributed by atoms with van der Waals surface area (Å²) in [5.41, 5.74) is 0. The van der Waals surface area contributed by atoms with Gasteiger partial charge in [0.15, 0.2) is 0 Å². The third-order valence-electron chi connectivity index (χ3n) is 3.79. The van der Waals surface area contributed by atoms with Gasteiger partial charge < -0.3 is 4.74 Å². The first kappa shape index (κ1) is 14.5. The van der Waals surface area contributed by atoms with Crippen molar-refractivity contribution in [3.05, 3.63) is 0 Å². The monoisotopic (exact) mass is 296 g/mol. The summed E-state index contributed by atoms with van der Waals surface area (Å²) in [6.07, 6.45) is 2.74. The number of alkyl halides is 1. The summed E-state index contributed by atoms with van der Waals surface area (Å²) in [7, 11) is -1.69. The van der Waals surface area contributed by atoms with Gasteiger partial charge in [0.05, 0.1) is 6.10 Å². The summed E-state index contributed by atoms with van der Waals surface area (Å²) in [5.74, 6) is 0.822. The zero-order valence-electron chi connectivity index (χ0n) is 10.7. The molecule has 7 heteroatoms. The van der Waals surface area contributed by atoms with Crippen LogP contribution in [0.1, 0.15) is 19.3 Å². The van der Waals surface area contributed by atoms with Gasteiger partial charge >= 0.3 is 0 Å². The Kier molecular flexibility index (Phi) is 4.88. The Bertz CT molecular complexity index is 376. The molecule has 0 aromatic rings. The molecular weight excluding hydrogens is 276 g/mol. The minimum absolute atomic E-state index is 0.0355. The Hall–Kier alpha value is 0.120. The van der Waals surface area contributed by atoms with Gasteiger partial charge in [-0.3, -0.25) is 0 Å². The molecule has 2 unspecified atom stereocenters. The van der Waals surface area contributed by atoms with Crippen molar-refractivity contribution in [2.45, 2.75) is 25.4 Å². The summed E-state index contributed by atoms with van der Waals surface area (Å²) >= 11 is 5.85. The van der Waals surface area contributed by atoms with Gasteiger partial charge in [-0.2, -0.15) is 17.0 Å². The number of rotatable bonds is 4. The average molecular weight is 297 g/mol. The number of halogens is 1. The van der Waals surface area contributed by atoms with Crippen LogP contribution in [0.5, 0.6) is 0 Å². The van der Waals surface area contributed by atoms with Gasteiger partial charge in [0.2, 0.25) is 0 Å². The molecule has 2 fully saturated rings. The minimum atomic E-state index is -3.32. The first-order valence-corrected chi connectivity index (χ1v) is 8.35. The van der Waals surface area contributed by atoms with E-state index in [2.05, 4.69) is 0 Å². The second-order valence-corrected chi connectivity index (χ2v) is 7.27. The summed E-state index contributed by atoms with van der Waals surface area (Å²) < 4.78 is 33.3. The smallest absolute Gasteiger partial charge is 0.282 e. The maximum absolute atomic E-state index is 12.5. The largest absolute Gasteiger partial charge is 0.380 e. The van der Waals surface area contributed by atoms with Crippen LogP contribution in [-0.4, -0.2) is 62.3 Å². The molecule has 0 aromatic heterocycles. The van der Waals surface area contributed by atoms with Crippen LogP contribution in [0.2, 0.25) is 0 Å². The Morgan fingerprint density at radius 2 is 1.94 bits per heavy atom. The van der Waals surface area contributed by atoms with Gasteiger partial charge in [-0.05, 0) is 25.2 Å². The van der Waals surface area contributed by atoms with Crippen LogP contribution in [0, 0.1) is 5.92 Å². The van der Waals surface area contributed by atoms with Crippen molar-refractivity contribution in [2.75, 3.05) is 39.2 Å². The lowest BCUT2D eigenvalue weighted by Gasteiger charge is -2.33. The number of methoxy groups -OCH3 is 1. The molecule has 2 atom stereocenters. The van der Waals surface area contributed by atoms with E-state index in [1.54, 1.807) is 11.4 Å². The van der Waals surface area contributed by atoms with Crippen LogP contribution in [-0.2, 0) is 14.9 Å². The molecule has 0 spiro atoms. The predicted octanol–water partition coefficient (Wildman–Crippen LogP) is 0.903. The molecule has 0 aromatic carbocycles. The molecule has 0 bridgehead atoms. The molecule has 0 radical (unpaired) electrons. The molecule has 2 aliphatic rings.